The van der Waals surface area contributed by atoms with Crippen LogP contribution in [-0.4, -0.2) is 18.1 Å². The molecule has 1 N–H and O–H groups in total. The Bertz CT molecular complexity index is 359. The monoisotopic (exact) mass is 204 g/mol. The van der Waals surface area contributed by atoms with Crippen molar-refractivity contribution in [1.29, 1.82) is 0 Å². The van der Waals surface area contributed by atoms with E-state index in [0.717, 1.165) is 25.4 Å². The third-order valence-electron chi connectivity index (χ3n) is 3.35. The molecule has 15 heavy (non-hydrogen) atoms. The largest absolute Gasteiger partial charge is 0.370 e. The van der Waals surface area contributed by atoms with Gasteiger partial charge in [0.2, 0.25) is 0 Å². The average molecular weight is 204 g/mol. The van der Waals surface area contributed by atoms with Gasteiger partial charge in [-0.05, 0) is 36.9 Å². The van der Waals surface area contributed by atoms with Crippen LogP contribution in [0.4, 0.5) is 0 Å². The van der Waals surface area contributed by atoms with Crippen LogP contribution in [0.1, 0.15) is 35.6 Å². The van der Waals surface area contributed by atoms with E-state index in [9.17, 15) is 0 Å². The molecule has 0 amide bonds. The number of hydrogen-bond donors (Lipinski definition) is 1. The summed E-state index contributed by atoms with van der Waals surface area (Å²) in [6, 6.07) is 2.28. The van der Waals surface area contributed by atoms with Gasteiger partial charge in [0.1, 0.15) is 0 Å². The highest BCUT2D eigenvalue weighted by atomic mass is 16.5. The van der Waals surface area contributed by atoms with E-state index in [4.69, 9.17) is 4.74 Å². The summed E-state index contributed by atoms with van der Waals surface area (Å²) in [5.74, 6) is 0.650. The van der Waals surface area contributed by atoms with E-state index in [1.165, 1.54) is 24.0 Å². The molecule has 80 valence electrons. The molecule has 3 nitrogen and oxygen atoms in total. The molecule has 0 radical (unpaired) electrons. The van der Waals surface area contributed by atoms with Gasteiger partial charge in [-0.1, -0.05) is 0 Å². The van der Waals surface area contributed by atoms with E-state index in [1.807, 2.05) is 6.20 Å². The fourth-order valence-corrected chi connectivity index (χ4v) is 2.43. The number of piperidine rings is 1. The quantitative estimate of drug-likeness (QED) is 0.754. The number of aromatic nitrogens is 1. The summed E-state index contributed by atoms with van der Waals surface area (Å²) in [6.45, 7) is 3.70. The number of pyridine rings is 1. The molecule has 1 unspecified atom stereocenters. The minimum absolute atomic E-state index is 0.650. The molecule has 3 heteroatoms. The second-order valence-electron chi connectivity index (χ2n) is 4.41. The molecular formula is C12H16N2O. The maximum Gasteiger partial charge on any atom is 0.0896 e. The van der Waals surface area contributed by atoms with Gasteiger partial charge in [-0.3, -0.25) is 4.98 Å². The van der Waals surface area contributed by atoms with Gasteiger partial charge in [0.15, 0.2) is 0 Å². The van der Waals surface area contributed by atoms with Crippen molar-refractivity contribution >= 4 is 0 Å². The number of ether oxygens (including phenoxy) is 1. The summed E-state index contributed by atoms with van der Waals surface area (Å²) in [5.41, 5.74) is 3.80. The van der Waals surface area contributed by atoms with Crippen molar-refractivity contribution in [1.82, 2.24) is 10.3 Å². The van der Waals surface area contributed by atoms with E-state index in [-0.39, 0.29) is 0 Å². The lowest BCUT2D eigenvalue weighted by atomic mass is 9.92. The smallest absolute Gasteiger partial charge is 0.0896 e. The highest BCUT2D eigenvalue weighted by Crippen LogP contribution is 2.26. The molecule has 3 heterocycles. The van der Waals surface area contributed by atoms with E-state index in [0.29, 0.717) is 12.5 Å². The van der Waals surface area contributed by atoms with E-state index in [1.54, 1.807) is 0 Å². The molecule has 0 spiro atoms. The summed E-state index contributed by atoms with van der Waals surface area (Å²) in [6.07, 6.45) is 4.59. The van der Waals surface area contributed by atoms with Crippen LogP contribution in [0.3, 0.4) is 0 Å². The van der Waals surface area contributed by atoms with Gasteiger partial charge in [-0.2, -0.15) is 0 Å². The molecule has 0 aliphatic carbocycles. The van der Waals surface area contributed by atoms with E-state index in [2.05, 4.69) is 16.4 Å². The van der Waals surface area contributed by atoms with Crippen LogP contribution < -0.4 is 5.32 Å². The Labute approximate surface area is 89.9 Å². The zero-order chi connectivity index (χ0) is 10.1. The molecule has 1 aromatic rings. The molecule has 2 aliphatic heterocycles. The number of hydrogen-bond acceptors (Lipinski definition) is 3. The van der Waals surface area contributed by atoms with Gasteiger partial charge in [0.05, 0.1) is 18.9 Å². The fourth-order valence-electron chi connectivity index (χ4n) is 2.43. The van der Waals surface area contributed by atoms with Crippen molar-refractivity contribution in [3.8, 4) is 0 Å². The first kappa shape index (κ1) is 9.31. The SMILES string of the molecule is c1nc2c(cc1C1CCCNC1)COC2. The van der Waals surface area contributed by atoms with Crippen LogP contribution in [0.15, 0.2) is 12.3 Å². The standard InChI is InChI=1S/C12H16N2O/c1-2-9(5-13-3-1)10-4-11-7-15-8-12(11)14-6-10/h4,6,9,13H,1-3,5,7-8H2. The second kappa shape index (κ2) is 3.91. The molecule has 1 aromatic heterocycles. The highest BCUT2D eigenvalue weighted by molar-refractivity contribution is 5.29. The Morgan fingerprint density at radius 3 is 3.27 bits per heavy atom. The first-order valence-electron chi connectivity index (χ1n) is 5.69. The number of rotatable bonds is 1. The van der Waals surface area contributed by atoms with Gasteiger partial charge in [-0.25, -0.2) is 0 Å². The van der Waals surface area contributed by atoms with E-state index >= 15 is 0 Å². The molecule has 0 aromatic carbocycles. The Balaban J connectivity index is 1.85. The lowest BCUT2D eigenvalue weighted by molar-refractivity contribution is 0.133. The van der Waals surface area contributed by atoms with Crippen molar-refractivity contribution in [2.75, 3.05) is 13.1 Å². The zero-order valence-electron chi connectivity index (χ0n) is 8.83. The minimum atomic E-state index is 0.650. The Hall–Kier alpha value is -0.930. The zero-order valence-corrected chi connectivity index (χ0v) is 8.83. The minimum Gasteiger partial charge on any atom is -0.370 e. The molecule has 0 saturated carbocycles. The molecular weight excluding hydrogens is 188 g/mol. The number of nitrogens with zero attached hydrogens (tertiary/aromatic N) is 1. The maximum atomic E-state index is 5.38. The van der Waals surface area contributed by atoms with Gasteiger partial charge in [0.25, 0.3) is 0 Å². The molecule has 3 rings (SSSR count). The normalized spacial score (nSPS) is 25.2. The summed E-state index contributed by atoms with van der Waals surface area (Å²) in [4.78, 5) is 4.48. The molecule has 1 fully saturated rings. The van der Waals surface area contributed by atoms with Gasteiger partial charge >= 0.3 is 0 Å². The van der Waals surface area contributed by atoms with Crippen LogP contribution in [0, 0.1) is 0 Å². The van der Waals surface area contributed by atoms with Crippen LogP contribution >= 0.6 is 0 Å². The fraction of sp³-hybridized carbons (Fsp3) is 0.583. The van der Waals surface area contributed by atoms with Crippen LogP contribution in [0.25, 0.3) is 0 Å². The molecule has 2 aliphatic rings. The Kier molecular flexibility index (Phi) is 2.43. The third-order valence-corrected chi connectivity index (χ3v) is 3.35. The van der Waals surface area contributed by atoms with Gasteiger partial charge in [-0.15, -0.1) is 0 Å². The highest BCUT2D eigenvalue weighted by Gasteiger charge is 2.19. The summed E-state index contributed by atoms with van der Waals surface area (Å²) < 4.78 is 5.38. The van der Waals surface area contributed by atoms with Gasteiger partial charge in [0, 0.05) is 18.3 Å². The van der Waals surface area contributed by atoms with Crippen LogP contribution in [-0.2, 0) is 18.0 Å². The Morgan fingerprint density at radius 1 is 1.40 bits per heavy atom. The first-order chi connectivity index (χ1) is 7.43. The van der Waals surface area contributed by atoms with Crippen molar-refractivity contribution in [2.24, 2.45) is 0 Å². The summed E-state index contributed by atoms with van der Waals surface area (Å²) in [5, 5.41) is 3.44. The Morgan fingerprint density at radius 2 is 2.40 bits per heavy atom. The summed E-state index contributed by atoms with van der Waals surface area (Å²) in [7, 11) is 0. The summed E-state index contributed by atoms with van der Waals surface area (Å²) >= 11 is 0. The van der Waals surface area contributed by atoms with Crippen molar-refractivity contribution in [2.45, 2.75) is 32.0 Å². The lowest BCUT2D eigenvalue weighted by Gasteiger charge is -2.23. The van der Waals surface area contributed by atoms with Crippen LogP contribution in [0.2, 0.25) is 0 Å². The molecule has 0 bridgehead atoms. The van der Waals surface area contributed by atoms with Crippen LogP contribution in [0.5, 0.6) is 0 Å². The van der Waals surface area contributed by atoms with E-state index < -0.39 is 0 Å². The van der Waals surface area contributed by atoms with Crippen molar-refractivity contribution in [3.63, 3.8) is 0 Å². The topological polar surface area (TPSA) is 34.2 Å². The maximum absolute atomic E-state index is 5.38. The number of fused-ring (bicyclic) bond motifs is 1. The van der Waals surface area contributed by atoms with Crippen molar-refractivity contribution < 1.29 is 4.74 Å². The van der Waals surface area contributed by atoms with Gasteiger partial charge < -0.3 is 10.1 Å². The van der Waals surface area contributed by atoms with Crippen molar-refractivity contribution in [3.05, 3.63) is 29.1 Å². The lowest BCUT2D eigenvalue weighted by Crippen LogP contribution is -2.28. The second-order valence-corrected chi connectivity index (χ2v) is 4.41. The molecule has 1 saturated heterocycles. The molecule has 1 atom stereocenters. The average Bonchev–Trinajstić information content (AvgIpc) is 2.77. The predicted octanol–water partition coefficient (Wildman–Crippen LogP) is 1.58. The third kappa shape index (κ3) is 1.77. The number of nitrogens with one attached hydrogen (secondary N) is 1. The predicted molar refractivity (Wildman–Crippen MR) is 57.6 cm³/mol. The first-order valence-corrected chi connectivity index (χ1v) is 5.69.